The molecule has 2 aromatic carbocycles. The van der Waals surface area contributed by atoms with Crippen molar-refractivity contribution < 1.29 is 14.6 Å². The first-order valence-corrected chi connectivity index (χ1v) is 6.29. The van der Waals surface area contributed by atoms with Gasteiger partial charge in [0.15, 0.2) is 5.78 Å². The lowest BCUT2D eigenvalue weighted by molar-refractivity contribution is 0.0850. The minimum absolute atomic E-state index is 0.0156. The molecule has 3 rings (SSSR count). The average molecular weight is 275 g/mol. The summed E-state index contributed by atoms with van der Waals surface area (Å²) in [5.41, 5.74) is 1.40. The zero-order chi connectivity index (χ0) is 13.4. The Kier molecular flexibility index (Phi) is 2.91. The zero-order valence-electron chi connectivity index (χ0n) is 9.97. The van der Waals surface area contributed by atoms with Crippen molar-refractivity contribution in [2.24, 2.45) is 0 Å². The number of phenols is 1. The smallest absolute Gasteiger partial charge is 0.170 e. The topological polar surface area (TPSA) is 46.5 Å². The van der Waals surface area contributed by atoms with Crippen molar-refractivity contribution in [3.63, 3.8) is 0 Å². The molecule has 1 N–H and O–H groups in total. The maximum Gasteiger partial charge on any atom is 0.170 e. The quantitative estimate of drug-likeness (QED) is 0.861. The normalized spacial score (nSPS) is 17.7. The molecule has 0 aromatic heterocycles. The monoisotopic (exact) mass is 274 g/mol. The third-order valence-corrected chi connectivity index (χ3v) is 3.38. The van der Waals surface area contributed by atoms with Gasteiger partial charge in [-0.25, -0.2) is 0 Å². The number of benzene rings is 2. The van der Waals surface area contributed by atoms with Crippen LogP contribution in [-0.2, 0) is 0 Å². The van der Waals surface area contributed by atoms with Crippen LogP contribution in [0.25, 0.3) is 0 Å². The van der Waals surface area contributed by atoms with E-state index < -0.39 is 0 Å². The van der Waals surface area contributed by atoms with Gasteiger partial charge in [-0.1, -0.05) is 23.7 Å². The molecule has 3 nitrogen and oxygen atoms in total. The van der Waals surface area contributed by atoms with Gasteiger partial charge in [-0.2, -0.15) is 0 Å². The van der Waals surface area contributed by atoms with Crippen LogP contribution in [-0.4, -0.2) is 10.9 Å². The number of hydrogen-bond donors (Lipinski definition) is 1. The van der Waals surface area contributed by atoms with Crippen LogP contribution in [0.4, 0.5) is 0 Å². The van der Waals surface area contributed by atoms with E-state index in [2.05, 4.69) is 0 Å². The molecule has 1 aliphatic rings. The molecule has 2 aromatic rings. The first kappa shape index (κ1) is 12.1. The summed E-state index contributed by atoms with van der Waals surface area (Å²) in [6.45, 7) is 0. The Labute approximate surface area is 115 Å². The highest BCUT2D eigenvalue weighted by Gasteiger charge is 2.27. The molecule has 0 bridgehead atoms. The van der Waals surface area contributed by atoms with E-state index in [1.165, 1.54) is 0 Å². The van der Waals surface area contributed by atoms with Crippen LogP contribution in [0.15, 0.2) is 42.5 Å². The molecule has 0 radical (unpaired) electrons. The second-order valence-electron chi connectivity index (χ2n) is 4.47. The van der Waals surface area contributed by atoms with Crippen molar-refractivity contribution in [2.75, 3.05) is 0 Å². The number of hydrogen-bond acceptors (Lipinski definition) is 3. The molecule has 4 heteroatoms. The molecule has 1 unspecified atom stereocenters. The van der Waals surface area contributed by atoms with Gasteiger partial charge in [0, 0.05) is 5.02 Å². The first-order chi connectivity index (χ1) is 9.13. The lowest BCUT2D eigenvalue weighted by atomic mass is 9.96. The largest absolute Gasteiger partial charge is 0.508 e. The standard InChI is InChI=1S/C15H11ClO3/c16-10-3-6-14-12(7-10)13(18)8-15(19-14)9-1-4-11(17)5-2-9/h1-7,15,17H,8H2. The van der Waals surface area contributed by atoms with Crippen molar-refractivity contribution in [1.29, 1.82) is 0 Å². The predicted octanol–water partition coefficient (Wildman–Crippen LogP) is 3.75. The fourth-order valence-electron chi connectivity index (χ4n) is 2.17. The Morgan fingerprint density at radius 2 is 1.89 bits per heavy atom. The van der Waals surface area contributed by atoms with Crippen LogP contribution in [0.3, 0.4) is 0 Å². The number of ketones is 1. The minimum Gasteiger partial charge on any atom is -0.508 e. The number of aromatic hydroxyl groups is 1. The number of ether oxygens (including phenoxy) is 1. The molecule has 1 aliphatic heterocycles. The van der Waals surface area contributed by atoms with Crippen molar-refractivity contribution in [3.8, 4) is 11.5 Å². The van der Waals surface area contributed by atoms with Gasteiger partial charge >= 0.3 is 0 Å². The van der Waals surface area contributed by atoms with E-state index in [9.17, 15) is 9.90 Å². The molecule has 0 saturated carbocycles. The molecular formula is C15H11ClO3. The average Bonchev–Trinajstić information content (AvgIpc) is 2.40. The molecular weight excluding hydrogens is 264 g/mol. The van der Waals surface area contributed by atoms with Crippen LogP contribution < -0.4 is 4.74 Å². The van der Waals surface area contributed by atoms with Gasteiger partial charge in [-0.15, -0.1) is 0 Å². The van der Waals surface area contributed by atoms with Crippen molar-refractivity contribution >= 4 is 17.4 Å². The Morgan fingerprint density at radius 3 is 2.63 bits per heavy atom. The van der Waals surface area contributed by atoms with Crippen molar-refractivity contribution in [3.05, 3.63) is 58.6 Å². The van der Waals surface area contributed by atoms with E-state index in [1.54, 1.807) is 42.5 Å². The lowest BCUT2D eigenvalue weighted by Gasteiger charge is -2.25. The van der Waals surface area contributed by atoms with Gasteiger partial charge < -0.3 is 9.84 Å². The third-order valence-electron chi connectivity index (χ3n) is 3.15. The Bertz CT molecular complexity index is 634. The molecule has 96 valence electrons. The van der Waals surface area contributed by atoms with E-state index in [4.69, 9.17) is 16.3 Å². The molecule has 19 heavy (non-hydrogen) atoms. The van der Waals surface area contributed by atoms with Crippen LogP contribution in [0.5, 0.6) is 11.5 Å². The van der Waals surface area contributed by atoms with Crippen LogP contribution in [0.2, 0.25) is 5.02 Å². The fourth-order valence-corrected chi connectivity index (χ4v) is 2.34. The van der Waals surface area contributed by atoms with Gasteiger partial charge in [-0.3, -0.25) is 4.79 Å². The molecule has 0 amide bonds. The van der Waals surface area contributed by atoms with E-state index in [-0.39, 0.29) is 24.1 Å². The van der Waals surface area contributed by atoms with Gasteiger partial charge in [-0.05, 0) is 35.9 Å². The van der Waals surface area contributed by atoms with Crippen LogP contribution >= 0.6 is 11.6 Å². The zero-order valence-corrected chi connectivity index (χ0v) is 10.7. The number of halogens is 1. The number of rotatable bonds is 1. The van der Waals surface area contributed by atoms with Gasteiger partial charge in [0.1, 0.15) is 17.6 Å². The van der Waals surface area contributed by atoms with E-state index >= 15 is 0 Å². The molecule has 1 heterocycles. The second-order valence-corrected chi connectivity index (χ2v) is 4.90. The maximum atomic E-state index is 12.1. The number of carbonyl (C=O) groups excluding carboxylic acids is 1. The minimum atomic E-state index is -0.318. The molecule has 0 spiro atoms. The highest BCUT2D eigenvalue weighted by Crippen LogP contribution is 2.36. The lowest BCUT2D eigenvalue weighted by Crippen LogP contribution is -2.20. The predicted molar refractivity (Wildman–Crippen MR) is 71.9 cm³/mol. The van der Waals surface area contributed by atoms with Gasteiger partial charge in [0.05, 0.1) is 12.0 Å². The van der Waals surface area contributed by atoms with Crippen LogP contribution in [0, 0.1) is 0 Å². The summed E-state index contributed by atoms with van der Waals surface area (Å²) in [6.07, 6.45) is -0.0419. The molecule has 0 fully saturated rings. The van der Waals surface area contributed by atoms with E-state index in [0.717, 1.165) is 5.56 Å². The number of fused-ring (bicyclic) bond motifs is 1. The van der Waals surface area contributed by atoms with Crippen LogP contribution in [0.1, 0.15) is 28.4 Å². The second kappa shape index (κ2) is 4.59. The third kappa shape index (κ3) is 2.29. The Morgan fingerprint density at radius 1 is 1.16 bits per heavy atom. The van der Waals surface area contributed by atoms with E-state index in [1.807, 2.05) is 0 Å². The summed E-state index contributed by atoms with van der Waals surface area (Å²) in [6, 6.07) is 11.7. The summed E-state index contributed by atoms with van der Waals surface area (Å²) >= 11 is 5.88. The summed E-state index contributed by atoms with van der Waals surface area (Å²) in [5.74, 6) is 0.763. The number of carbonyl (C=O) groups is 1. The summed E-state index contributed by atoms with van der Waals surface area (Å²) < 4.78 is 5.82. The number of Topliss-reactive ketones (excluding diaryl/α,β-unsaturated/α-hetero) is 1. The van der Waals surface area contributed by atoms with Crippen molar-refractivity contribution in [1.82, 2.24) is 0 Å². The number of phenolic OH excluding ortho intramolecular Hbond substituents is 1. The maximum absolute atomic E-state index is 12.1. The Balaban J connectivity index is 1.95. The first-order valence-electron chi connectivity index (χ1n) is 5.92. The van der Waals surface area contributed by atoms with E-state index in [0.29, 0.717) is 16.3 Å². The van der Waals surface area contributed by atoms with Gasteiger partial charge in [0.2, 0.25) is 0 Å². The molecule has 0 saturated heterocycles. The Hall–Kier alpha value is -2.00. The van der Waals surface area contributed by atoms with Crippen molar-refractivity contribution in [2.45, 2.75) is 12.5 Å². The summed E-state index contributed by atoms with van der Waals surface area (Å²) in [7, 11) is 0. The SMILES string of the molecule is O=C1CC(c2ccc(O)cc2)Oc2ccc(Cl)cc21. The summed E-state index contributed by atoms with van der Waals surface area (Å²) in [5, 5.41) is 9.80. The highest BCUT2D eigenvalue weighted by atomic mass is 35.5. The molecule has 0 aliphatic carbocycles. The molecule has 1 atom stereocenters. The fraction of sp³-hybridized carbons (Fsp3) is 0.133. The van der Waals surface area contributed by atoms with Gasteiger partial charge in [0.25, 0.3) is 0 Å². The summed E-state index contributed by atoms with van der Waals surface area (Å²) in [4.78, 5) is 12.1. The highest BCUT2D eigenvalue weighted by molar-refractivity contribution is 6.31.